The number of para-hydroxylation sites is 1. The van der Waals surface area contributed by atoms with Crippen LogP contribution in [0.1, 0.15) is 32.4 Å². The van der Waals surface area contributed by atoms with Crippen LogP contribution >= 0.6 is 40.0 Å². The van der Waals surface area contributed by atoms with Crippen molar-refractivity contribution in [2.24, 2.45) is 0 Å². The van der Waals surface area contributed by atoms with Crippen molar-refractivity contribution in [3.8, 4) is 0 Å². The van der Waals surface area contributed by atoms with Crippen LogP contribution in [0.5, 0.6) is 0 Å². The van der Waals surface area contributed by atoms with Gasteiger partial charge in [0.2, 0.25) is 0 Å². The molecular weight excluding hydrogens is 571 g/mol. The van der Waals surface area contributed by atoms with Gasteiger partial charge in [-0.05, 0) is 71.3 Å². The lowest BCUT2D eigenvalue weighted by molar-refractivity contribution is 0.633. The minimum Gasteiger partial charge on any atom is -0.396 e. The van der Waals surface area contributed by atoms with E-state index in [1.807, 2.05) is 34.9 Å². The molecule has 4 aromatic rings. The number of fused-ring (bicyclic) bond motifs is 1. The number of hydrogen-bond acceptors (Lipinski definition) is 4. The third-order valence-electron chi connectivity index (χ3n) is 4.83. The van der Waals surface area contributed by atoms with Gasteiger partial charge < -0.3 is 16.5 Å². The number of nitrogens with zero attached hydrogens (tertiary/aromatic N) is 2. The van der Waals surface area contributed by atoms with E-state index in [0.717, 1.165) is 33.6 Å². The second-order valence-corrected chi connectivity index (χ2v) is 9.42. The number of anilines is 3. The van der Waals surface area contributed by atoms with Crippen molar-refractivity contribution in [3.63, 3.8) is 0 Å². The van der Waals surface area contributed by atoms with Gasteiger partial charge in [-0.25, -0.2) is 8.84 Å². The maximum absolute atomic E-state index is 13.1. The van der Waals surface area contributed by atoms with Crippen molar-refractivity contribution in [1.82, 2.24) is 9.55 Å². The lowest BCUT2D eigenvalue weighted by Crippen LogP contribution is -2.01. The zero-order chi connectivity index (χ0) is 23.3. The van der Waals surface area contributed by atoms with Crippen molar-refractivity contribution in [1.29, 1.82) is 5.41 Å². The topological polar surface area (TPSA) is 79.7 Å². The molecule has 0 fully saturated rings. The van der Waals surface area contributed by atoms with E-state index in [4.69, 9.17) is 22.7 Å². The van der Waals surface area contributed by atoms with Gasteiger partial charge in [-0.15, -0.1) is 0 Å². The highest BCUT2D eigenvalue weighted by atomic mass is 127. The summed E-state index contributed by atoms with van der Waals surface area (Å²) in [5, 5.41) is 17.0. The van der Waals surface area contributed by atoms with Gasteiger partial charge in [-0.2, -0.15) is 5.10 Å². The Bertz CT molecular complexity index is 1260. The van der Waals surface area contributed by atoms with Crippen LogP contribution in [0.25, 0.3) is 10.9 Å². The van der Waals surface area contributed by atoms with Gasteiger partial charge in [0.05, 0.1) is 28.8 Å². The van der Waals surface area contributed by atoms with Crippen LogP contribution in [-0.2, 0) is 6.42 Å². The zero-order valence-corrected chi connectivity index (χ0v) is 21.5. The van der Waals surface area contributed by atoms with Gasteiger partial charge in [0, 0.05) is 28.0 Å². The fourth-order valence-electron chi connectivity index (χ4n) is 3.15. The number of nitrogens with two attached hydrogens (primary N) is 1. The second-order valence-electron chi connectivity index (χ2n) is 7.00. The molecule has 0 amide bonds. The van der Waals surface area contributed by atoms with E-state index in [0.29, 0.717) is 17.8 Å². The molecule has 4 N–H and O–H groups in total. The van der Waals surface area contributed by atoms with Gasteiger partial charge in [0.15, 0.2) is 0 Å². The van der Waals surface area contributed by atoms with Crippen LogP contribution < -0.4 is 11.1 Å². The van der Waals surface area contributed by atoms with E-state index in [1.165, 1.54) is 17.7 Å². The monoisotopic (exact) mass is 597 g/mol. The molecule has 0 saturated carbocycles. The van der Waals surface area contributed by atoms with Crippen molar-refractivity contribution in [2.75, 3.05) is 11.1 Å². The van der Waals surface area contributed by atoms with Gasteiger partial charge in [-0.3, -0.25) is 0 Å². The summed E-state index contributed by atoms with van der Waals surface area (Å²) in [4.78, 5) is 0. The van der Waals surface area contributed by atoms with Crippen LogP contribution in [0.3, 0.4) is 0 Å². The summed E-state index contributed by atoms with van der Waals surface area (Å²) in [6, 6.07) is 16.1. The first-order chi connectivity index (χ1) is 15.3. The summed E-state index contributed by atoms with van der Waals surface area (Å²) >= 11 is 8.57. The average molecular weight is 598 g/mol. The van der Waals surface area contributed by atoms with E-state index in [-0.39, 0.29) is 13.1 Å². The predicted molar refractivity (Wildman–Crippen MR) is 152 cm³/mol. The molecule has 1 heterocycles. The molecule has 0 bridgehead atoms. The molecule has 1 atom stereocenters. The summed E-state index contributed by atoms with van der Waals surface area (Å²) in [5.41, 5.74) is 10.7. The molecule has 0 saturated heterocycles. The highest BCUT2D eigenvalue weighted by Gasteiger charge is 2.08. The fraction of sp³-hybridized carbons (Fsp3) is 0.167. The Hall–Kier alpha value is -2.22. The average Bonchev–Trinajstić information content (AvgIpc) is 3.21. The van der Waals surface area contributed by atoms with Crippen LogP contribution in [0.2, 0.25) is 5.02 Å². The molecule has 1 unspecified atom stereocenters. The SMILES string of the molecule is C.CC(=N)c1ccccc1Nc1ccc(F)c(N)c1.CCc1ccc2c(cnn2PI)c1Cl. The minimum atomic E-state index is -0.433. The first-order valence-electron chi connectivity index (χ1n) is 9.84. The quantitative estimate of drug-likeness (QED) is 0.0939. The van der Waals surface area contributed by atoms with Crippen LogP contribution in [0.15, 0.2) is 60.8 Å². The molecular formula is C24H27ClFIN5P. The van der Waals surface area contributed by atoms with Crippen molar-refractivity contribution < 1.29 is 4.39 Å². The van der Waals surface area contributed by atoms with E-state index in [1.54, 1.807) is 13.0 Å². The maximum Gasteiger partial charge on any atom is 0.146 e. The van der Waals surface area contributed by atoms with Crippen molar-refractivity contribution in [3.05, 3.63) is 82.8 Å². The highest BCUT2D eigenvalue weighted by molar-refractivity contribution is 14.2. The standard InChI is InChI=1S/C14H14FN3.C9H9ClIN2P.CH4/c1-9(16)11-4-2-3-5-14(11)18-10-6-7-12(15)13(17)8-10;1-2-6-3-4-8-7(9(6)10)5-12-13(8)14-11;/h2-8,16,18H,17H2,1H3;3-5,14H,2H2,1H3;1H4. The number of aromatic nitrogens is 2. The third-order valence-corrected chi connectivity index (χ3v) is 7.17. The smallest absolute Gasteiger partial charge is 0.146 e. The Kier molecular flexibility index (Phi) is 10.1. The molecule has 33 heavy (non-hydrogen) atoms. The predicted octanol–water partition coefficient (Wildman–Crippen LogP) is 8.22. The van der Waals surface area contributed by atoms with Crippen molar-refractivity contribution >= 4 is 73.7 Å². The Morgan fingerprint density at radius 3 is 2.61 bits per heavy atom. The molecule has 4 rings (SSSR count). The summed E-state index contributed by atoms with van der Waals surface area (Å²) in [6.45, 7) is 3.83. The summed E-state index contributed by atoms with van der Waals surface area (Å²) in [6.07, 6.45) is 3.43. The normalized spacial score (nSPS) is 10.6. The Labute approximate surface area is 213 Å². The molecule has 0 aliphatic heterocycles. The van der Waals surface area contributed by atoms with E-state index < -0.39 is 5.82 Å². The lowest BCUT2D eigenvalue weighted by atomic mass is 10.1. The van der Waals surface area contributed by atoms with Gasteiger partial charge >= 0.3 is 0 Å². The first kappa shape index (κ1) is 27.0. The minimum absolute atomic E-state index is 0. The number of aryl methyl sites for hydroxylation is 1. The Morgan fingerprint density at radius 2 is 1.97 bits per heavy atom. The fourth-order valence-corrected chi connectivity index (χ4v) is 5.03. The van der Waals surface area contributed by atoms with Crippen LogP contribution in [0, 0.1) is 11.2 Å². The molecule has 0 spiro atoms. The summed E-state index contributed by atoms with van der Waals surface area (Å²) < 4.78 is 15.0. The van der Waals surface area contributed by atoms with E-state index in [2.05, 4.69) is 51.5 Å². The molecule has 0 radical (unpaired) electrons. The largest absolute Gasteiger partial charge is 0.396 e. The number of hydrogen-bond donors (Lipinski definition) is 3. The van der Waals surface area contributed by atoms with E-state index >= 15 is 0 Å². The van der Waals surface area contributed by atoms with Crippen LogP contribution in [0.4, 0.5) is 21.5 Å². The third kappa shape index (κ3) is 6.43. The Morgan fingerprint density at radius 1 is 1.24 bits per heavy atom. The van der Waals surface area contributed by atoms with Gasteiger partial charge in [0.1, 0.15) is 5.82 Å². The number of rotatable bonds is 5. The first-order valence-corrected chi connectivity index (χ1v) is 14.3. The lowest BCUT2D eigenvalue weighted by Gasteiger charge is -2.11. The molecule has 0 aliphatic carbocycles. The zero-order valence-electron chi connectivity index (χ0n) is 17.6. The molecule has 5 nitrogen and oxygen atoms in total. The maximum atomic E-state index is 13.1. The molecule has 1 aromatic heterocycles. The number of halogens is 3. The summed E-state index contributed by atoms with van der Waals surface area (Å²) in [7, 11) is 0. The second kappa shape index (κ2) is 12.3. The molecule has 174 valence electrons. The van der Waals surface area contributed by atoms with Crippen LogP contribution in [-0.4, -0.2) is 15.3 Å². The van der Waals surface area contributed by atoms with Gasteiger partial charge in [0.25, 0.3) is 0 Å². The van der Waals surface area contributed by atoms with E-state index in [9.17, 15) is 4.39 Å². The molecule has 3 aromatic carbocycles. The number of nitrogens with one attached hydrogen (secondary N) is 2. The number of benzene rings is 3. The highest BCUT2D eigenvalue weighted by Crippen LogP contribution is 2.33. The number of nitrogen functional groups attached to an aromatic ring is 1. The molecule has 9 heteroatoms. The van der Waals surface area contributed by atoms with Crippen molar-refractivity contribution in [2.45, 2.75) is 27.7 Å². The van der Waals surface area contributed by atoms with Gasteiger partial charge in [-0.1, -0.05) is 50.2 Å². The Balaban J connectivity index is 0.000000233. The summed E-state index contributed by atoms with van der Waals surface area (Å²) in [5.74, 6) is -0.433. The molecule has 0 aliphatic rings.